The van der Waals surface area contributed by atoms with E-state index in [-0.39, 0.29) is 5.91 Å². The number of nitrogens with zero attached hydrogens (tertiary/aromatic N) is 3. The second kappa shape index (κ2) is 6.66. The smallest absolute Gasteiger partial charge is 0.268 e. The molecule has 0 atom stereocenters. The summed E-state index contributed by atoms with van der Waals surface area (Å²) in [5.41, 5.74) is 7.37. The molecule has 1 fully saturated rings. The Kier molecular flexibility index (Phi) is 4.34. The SMILES string of the molecule is CN(C(=O)c1cccs1)c1ccccc1-c1nc(C2(N)CCCC2)no1. The Labute approximate surface area is 155 Å². The Morgan fingerprint density at radius 1 is 1.23 bits per heavy atom. The first-order valence-corrected chi connectivity index (χ1v) is 9.50. The molecule has 1 saturated carbocycles. The molecule has 0 aliphatic heterocycles. The summed E-state index contributed by atoms with van der Waals surface area (Å²) in [5.74, 6) is 0.864. The van der Waals surface area contributed by atoms with Gasteiger partial charge in [-0.2, -0.15) is 4.98 Å². The van der Waals surface area contributed by atoms with Gasteiger partial charge < -0.3 is 15.2 Å². The average Bonchev–Trinajstić information content (AvgIpc) is 3.41. The number of aromatic nitrogens is 2. The minimum atomic E-state index is -0.505. The highest BCUT2D eigenvalue weighted by Crippen LogP contribution is 2.37. The van der Waals surface area contributed by atoms with Gasteiger partial charge in [-0.25, -0.2) is 0 Å². The fourth-order valence-corrected chi connectivity index (χ4v) is 4.09. The molecule has 26 heavy (non-hydrogen) atoms. The molecule has 0 bridgehead atoms. The molecular weight excluding hydrogens is 348 g/mol. The van der Waals surface area contributed by atoms with E-state index < -0.39 is 5.54 Å². The summed E-state index contributed by atoms with van der Waals surface area (Å²) in [4.78, 5) is 19.6. The predicted molar refractivity (Wildman–Crippen MR) is 101 cm³/mol. The lowest BCUT2D eigenvalue weighted by Crippen LogP contribution is -2.34. The fraction of sp³-hybridized carbons (Fsp3) is 0.316. The van der Waals surface area contributed by atoms with Crippen LogP contribution in [0.1, 0.15) is 41.2 Å². The summed E-state index contributed by atoms with van der Waals surface area (Å²) < 4.78 is 5.51. The molecule has 3 aromatic rings. The van der Waals surface area contributed by atoms with Gasteiger partial charge in [0, 0.05) is 7.05 Å². The van der Waals surface area contributed by atoms with E-state index in [1.54, 1.807) is 11.9 Å². The molecule has 1 aliphatic carbocycles. The van der Waals surface area contributed by atoms with Crippen molar-refractivity contribution in [2.75, 3.05) is 11.9 Å². The van der Waals surface area contributed by atoms with E-state index in [1.165, 1.54) is 11.3 Å². The van der Waals surface area contributed by atoms with E-state index in [0.717, 1.165) is 36.9 Å². The molecule has 1 amide bonds. The lowest BCUT2D eigenvalue weighted by molar-refractivity contribution is 0.0997. The number of carbonyl (C=O) groups excluding carboxylic acids is 1. The van der Waals surface area contributed by atoms with E-state index in [4.69, 9.17) is 10.3 Å². The van der Waals surface area contributed by atoms with Crippen molar-refractivity contribution in [3.05, 3.63) is 52.5 Å². The molecule has 6 nitrogen and oxygen atoms in total. The number of hydrogen-bond donors (Lipinski definition) is 1. The predicted octanol–water partition coefficient (Wildman–Crippen LogP) is 3.80. The van der Waals surface area contributed by atoms with Crippen molar-refractivity contribution in [2.24, 2.45) is 5.73 Å². The summed E-state index contributed by atoms with van der Waals surface area (Å²) in [5, 5.41) is 6.02. The zero-order chi connectivity index (χ0) is 18.1. The number of amides is 1. The second-order valence-corrected chi connectivity index (χ2v) is 7.59. The Hall–Kier alpha value is -2.51. The largest absolute Gasteiger partial charge is 0.334 e. The summed E-state index contributed by atoms with van der Waals surface area (Å²) in [6.07, 6.45) is 3.89. The minimum Gasteiger partial charge on any atom is -0.334 e. The lowest BCUT2D eigenvalue weighted by atomic mass is 9.98. The molecular formula is C19H20N4O2S. The first-order chi connectivity index (χ1) is 12.6. The van der Waals surface area contributed by atoms with Crippen LogP contribution in [-0.4, -0.2) is 23.1 Å². The molecule has 1 aromatic carbocycles. The van der Waals surface area contributed by atoms with Crippen LogP contribution in [0.15, 0.2) is 46.3 Å². The number of anilines is 1. The molecule has 2 heterocycles. The van der Waals surface area contributed by atoms with Crippen LogP contribution < -0.4 is 10.6 Å². The minimum absolute atomic E-state index is 0.0710. The number of rotatable bonds is 4. The number of hydrogen-bond acceptors (Lipinski definition) is 6. The molecule has 7 heteroatoms. The first-order valence-electron chi connectivity index (χ1n) is 8.62. The van der Waals surface area contributed by atoms with E-state index in [1.807, 2.05) is 41.8 Å². The summed E-state index contributed by atoms with van der Waals surface area (Å²) in [6, 6.07) is 11.2. The lowest BCUT2D eigenvalue weighted by Gasteiger charge is -2.19. The maximum absolute atomic E-state index is 12.7. The maximum atomic E-state index is 12.7. The van der Waals surface area contributed by atoms with Crippen LogP contribution in [0.5, 0.6) is 0 Å². The standard InChI is InChI=1S/C19H20N4O2S/c1-23(17(24)15-9-6-12-26-15)14-8-3-2-7-13(14)16-21-18(22-25-16)19(20)10-4-5-11-19/h2-3,6-9,12H,4-5,10-11,20H2,1H3. The molecule has 2 N–H and O–H groups in total. The van der Waals surface area contributed by atoms with Crippen LogP contribution in [0, 0.1) is 0 Å². The van der Waals surface area contributed by atoms with Gasteiger partial charge in [-0.05, 0) is 36.4 Å². The van der Waals surface area contributed by atoms with Crippen LogP contribution in [0.2, 0.25) is 0 Å². The molecule has 134 valence electrons. The van der Waals surface area contributed by atoms with E-state index in [9.17, 15) is 4.79 Å². The van der Waals surface area contributed by atoms with Crippen LogP contribution in [-0.2, 0) is 5.54 Å². The average molecular weight is 368 g/mol. The number of nitrogens with two attached hydrogens (primary N) is 1. The van der Waals surface area contributed by atoms with Crippen molar-refractivity contribution in [1.82, 2.24) is 10.1 Å². The summed E-state index contributed by atoms with van der Waals surface area (Å²) in [6.45, 7) is 0. The van der Waals surface area contributed by atoms with Crippen molar-refractivity contribution in [3.8, 4) is 11.5 Å². The van der Waals surface area contributed by atoms with Crippen LogP contribution in [0.4, 0.5) is 5.69 Å². The van der Waals surface area contributed by atoms with Gasteiger partial charge in [-0.1, -0.05) is 36.2 Å². The maximum Gasteiger partial charge on any atom is 0.268 e. The second-order valence-electron chi connectivity index (χ2n) is 6.65. The Morgan fingerprint density at radius 2 is 2.00 bits per heavy atom. The fourth-order valence-electron chi connectivity index (χ4n) is 3.39. The van der Waals surface area contributed by atoms with Gasteiger partial charge >= 0.3 is 0 Å². The molecule has 4 rings (SSSR count). The van der Waals surface area contributed by atoms with Crippen LogP contribution >= 0.6 is 11.3 Å². The van der Waals surface area contributed by atoms with E-state index in [0.29, 0.717) is 16.6 Å². The molecule has 0 unspecified atom stereocenters. The van der Waals surface area contributed by atoms with Crippen molar-refractivity contribution in [3.63, 3.8) is 0 Å². The molecule has 0 saturated heterocycles. The topological polar surface area (TPSA) is 85.2 Å². The highest BCUT2D eigenvalue weighted by molar-refractivity contribution is 7.12. The zero-order valence-corrected chi connectivity index (χ0v) is 15.3. The first kappa shape index (κ1) is 16.9. The Balaban J connectivity index is 1.68. The van der Waals surface area contributed by atoms with Crippen molar-refractivity contribution in [2.45, 2.75) is 31.2 Å². The monoisotopic (exact) mass is 368 g/mol. The van der Waals surface area contributed by atoms with Gasteiger partial charge in [-0.15, -0.1) is 11.3 Å². The van der Waals surface area contributed by atoms with Crippen molar-refractivity contribution >= 4 is 22.9 Å². The van der Waals surface area contributed by atoms with Gasteiger partial charge in [-0.3, -0.25) is 4.79 Å². The third-order valence-corrected chi connectivity index (χ3v) is 5.76. The zero-order valence-electron chi connectivity index (χ0n) is 14.5. The number of benzene rings is 1. The quantitative estimate of drug-likeness (QED) is 0.757. The van der Waals surface area contributed by atoms with Gasteiger partial charge in [0.1, 0.15) is 0 Å². The Bertz CT molecular complexity index is 913. The molecule has 2 aromatic heterocycles. The normalized spacial score (nSPS) is 15.9. The molecule has 0 spiro atoms. The number of carbonyl (C=O) groups is 1. The van der Waals surface area contributed by atoms with Crippen LogP contribution in [0.3, 0.4) is 0 Å². The van der Waals surface area contributed by atoms with Crippen molar-refractivity contribution < 1.29 is 9.32 Å². The Morgan fingerprint density at radius 3 is 2.73 bits per heavy atom. The third kappa shape index (κ3) is 2.93. The summed E-state index contributed by atoms with van der Waals surface area (Å²) in [7, 11) is 1.75. The van der Waals surface area contributed by atoms with E-state index >= 15 is 0 Å². The highest BCUT2D eigenvalue weighted by Gasteiger charge is 2.36. The molecule has 0 radical (unpaired) electrons. The highest BCUT2D eigenvalue weighted by atomic mass is 32.1. The van der Waals surface area contributed by atoms with Gasteiger partial charge in [0.25, 0.3) is 11.8 Å². The number of para-hydroxylation sites is 1. The van der Waals surface area contributed by atoms with Gasteiger partial charge in [0.2, 0.25) is 0 Å². The van der Waals surface area contributed by atoms with Crippen molar-refractivity contribution in [1.29, 1.82) is 0 Å². The third-order valence-electron chi connectivity index (χ3n) is 4.90. The molecule has 1 aliphatic rings. The van der Waals surface area contributed by atoms with Crippen LogP contribution in [0.25, 0.3) is 11.5 Å². The summed E-state index contributed by atoms with van der Waals surface area (Å²) >= 11 is 1.42. The van der Waals surface area contributed by atoms with E-state index in [2.05, 4.69) is 10.1 Å². The van der Waals surface area contributed by atoms with Gasteiger partial charge in [0.05, 0.1) is 21.7 Å². The van der Waals surface area contributed by atoms with Gasteiger partial charge in [0.15, 0.2) is 5.82 Å². The number of thiophene rings is 1.